The lowest BCUT2D eigenvalue weighted by Gasteiger charge is -2.28. The Labute approximate surface area is 93.8 Å². The Hall–Kier alpha value is -0.590. The van der Waals surface area contributed by atoms with Crippen LogP contribution in [-0.2, 0) is 7.05 Å². The number of nitrogens with two attached hydrogens (primary N) is 1. The molecule has 5 nitrogen and oxygen atoms in total. The van der Waals surface area contributed by atoms with Gasteiger partial charge in [-0.1, -0.05) is 11.6 Å². The van der Waals surface area contributed by atoms with E-state index in [0.717, 1.165) is 5.69 Å². The number of thioether (sulfide) groups is 1. The minimum absolute atomic E-state index is 0.162. The SMILES string of the molecule is Cn1nncc1C(NN)C1CCCCS1. The Morgan fingerprint density at radius 2 is 2.53 bits per heavy atom. The molecule has 0 amide bonds. The van der Waals surface area contributed by atoms with Gasteiger partial charge >= 0.3 is 0 Å². The van der Waals surface area contributed by atoms with E-state index in [0.29, 0.717) is 5.25 Å². The van der Waals surface area contributed by atoms with Crippen LogP contribution in [0.25, 0.3) is 0 Å². The molecule has 1 aliphatic heterocycles. The van der Waals surface area contributed by atoms with Gasteiger partial charge in [0, 0.05) is 12.3 Å². The van der Waals surface area contributed by atoms with Crippen molar-refractivity contribution in [3.05, 3.63) is 11.9 Å². The maximum atomic E-state index is 5.63. The highest BCUT2D eigenvalue weighted by Crippen LogP contribution is 2.33. The van der Waals surface area contributed by atoms with Crippen molar-refractivity contribution in [1.29, 1.82) is 0 Å². The Morgan fingerprint density at radius 3 is 3.07 bits per heavy atom. The number of nitrogens with zero attached hydrogens (tertiary/aromatic N) is 3. The van der Waals surface area contributed by atoms with Crippen molar-refractivity contribution in [2.45, 2.75) is 30.6 Å². The van der Waals surface area contributed by atoms with E-state index in [9.17, 15) is 0 Å². The van der Waals surface area contributed by atoms with E-state index in [-0.39, 0.29) is 6.04 Å². The quantitative estimate of drug-likeness (QED) is 0.585. The van der Waals surface area contributed by atoms with Gasteiger partial charge in [0.15, 0.2) is 0 Å². The van der Waals surface area contributed by atoms with Crippen LogP contribution in [0.3, 0.4) is 0 Å². The van der Waals surface area contributed by atoms with E-state index in [1.54, 1.807) is 10.9 Å². The van der Waals surface area contributed by atoms with Crippen molar-refractivity contribution in [2.75, 3.05) is 5.75 Å². The van der Waals surface area contributed by atoms with E-state index in [4.69, 9.17) is 5.84 Å². The molecule has 0 spiro atoms. The van der Waals surface area contributed by atoms with Gasteiger partial charge < -0.3 is 0 Å². The van der Waals surface area contributed by atoms with Crippen molar-refractivity contribution >= 4 is 11.8 Å². The molecule has 15 heavy (non-hydrogen) atoms. The Morgan fingerprint density at radius 1 is 1.67 bits per heavy atom. The first-order valence-corrected chi connectivity index (χ1v) is 6.30. The second-order valence-electron chi connectivity index (χ2n) is 3.83. The van der Waals surface area contributed by atoms with Crippen molar-refractivity contribution < 1.29 is 0 Å². The van der Waals surface area contributed by atoms with Crippen molar-refractivity contribution in [2.24, 2.45) is 12.9 Å². The summed E-state index contributed by atoms with van der Waals surface area (Å²) in [4.78, 5) is 0. The highest BCUT2D eigenvalue weighted by molar-refractivity contribution is 8.00. The third kappa shape index (κ3) is 2.32. The van der Waals surface area contributed by atoms with E-state index >= 15 is 0 Å². The molecule has 2 heterocycles. The normalized spacial score (nSPS) is 24.0. The summed E-state index contributed by atoms with van der Waals surface area (Å²) in [5.74, 6) is 6.86. The maximum Gasteiger partial charge on any atom is 0.0778 e. The van der Waals surface area contributed by atoms with E-state index < -0.39 is 0 Å². The van der Waals surface area contributed by atoms with Crippen molar-refractivity contribution in [1.82, 2.24) is 20.4 Å². The zero-order chi connectivity index (χ0) is 10.7. The Bertz CT molecular complexity index is 307. The zero-order valence-corrected chi connectivity index (χ0v) is 9.70. The van der Waals surface area contributed by atoms with Crippen LogP contribution in [0.5, 0.6) is 0 Å². The number of hydrazine groups is 1. The number of rotatable bonds is 3. The van der Waals surface area contributed by atoms with Crippen LogP contribution in [0, 0.1) is 0 Å². The summed E-state index contributed by atoms with van der Waals surface area (Å²) in [6.45, 7) is 0. The molecule has 0 saturated carbocycles. The summed E-state index contributed by atoms with van der Waals surface area (Å²) < 4.78 is 1.79. The molecule has 1 saturated heterocycles. The first-order chi connectivity index (χ1) is 7.33. The van der Waals surface area contributed by atoms with Gasteiger partial charge in [0.2, 0.25) is 0 Å². The lowest BCUT2D eigenvalue weighted by Crippen LogP contribution is -2.37. The molecule has 6 heteroatoms. The second-order valence-corrected chi connectivity index (χ2v) is 5.18. The molecule has 2 unspecified atom stereocenters. The summed E-state index contributed by atoms with van der Waals surface area (Å²) >= 11 is 1.99. The molecular weight excluding hydrogens is 210 g/mol. The fourth-order valence-electron chi connectivity index (χ4n) is 1.99. The molecular formula is C9H17N5S. The molecule has 0 aromatic carbocycles. The average Bonchev–Trinajstić information content (AvgIpc) is 2.68. The predicted octanol–water partition coefficient (Wildman–Crippen LogP) is 0.605. The summed E-state index contributed by atoms with van der Waals surface area (Å²) in [6, 6.07) is 0.162. The van der Waals surface area contributed by atoms with Gasteiger partial charge in [0.25, 0.3) is 0 Å². The Kier molecular flexibility index (Phi) is 3.61. The third-order valence-corrected chi connectivity index (χ3v) is 4.29. The van der Waals surface area contributed by atoms with Gasteiger partial charge in [0.1, 0.15) is 0 Å². The highest BCUT2D eigenvalue weighted by Gasteiger charge is 2.26. The smallest absolute Gasteiger partial charge is 0.0778 e. The standard InChI is InChI=1S/C9H17N5S/c1-14-7(6-11-13-14)9(12-10)8-4-2-3-5-15-8/h6,8-9,12H,2-5,10H2,1H3. The topological polar surface area (TPSA) is 68.8 Å². The summed E-state index contributed by atoms with van der Waals surface area (Å²) in [6.07, 6.45) is 5.62. The molecule has 0 aliphatic carbocycles. The number of hydrogen-bond donors (Lipinski definition) is 2. The lowest BCUT2D eigenvalue weighted by molar-refractivity contribution is 0.463. The van der Waals surface area contributed by atoms with E-state index in [1.165, 1.54) is 25.0 Å². The third-order valence-electron chi connectivity index (χ3n) is 2.83. The van der Waals surface area contributed by atoms with Gasteiger partial charge in [-0.25, -0.2) is 0 Å². The van der Waals surface area contributed by atoms with Crippen LogP contribution in [-0.4, -0.2) is 26.0 Å². The zero-order valence-electron chi connectivity index (χ0n) is 8.89. The minimum Gasteiger partial charge on any atom is -0.271 e. The summed E-state index contributed by atoms with van der Waals surface area (Å²) in [7, 11) is 1.90. The van der Waals surface area contributed by atoms with Gasteiger partial charge in [-0.3, -0.25) is 16.0 Å². The minimum atomic E-state index is 0.162. The van der Waals surface area contributed by atoms with Crippen molar-refractivity contribution in [3.8, 4) is 0 Å². The first-order valence-electron chi connectivity index (χ1n) is 5.25. The number of aromatic nitrogens is 3. The number of hydrogen-bond acceptors (Lipinski definition) is 5. The van der Waals surface area contributed by atoms with Gasteiger partial charge in [-0.15, -0.1) is 5.10 Å². The Balaban J connectivity index is 2.12. The summed E-state index contributed by atoms with van der Waals surface area (Å²) in [5.41, 5.74) is 3.96. The molecule has 1 aromatic heterocycles. The second kappa shape index (κ2) is 4.96. The lowest BCUT2D eigenvalue weighted by atomic mass is 10.1. The van der Waals surface area contributed by atoms with Crippen LogP contribution in [0.4, 0.5) is 0 Å². The van der Waals surface area contributed by atoms with Gasteiger partial charge in [0.05, 0.1) is 17.9 Å². The monoisotopic (exact) mass is 227 g/mol. The molecule has 2 atom stereocenters. The maximum absolute atomic E-state index is 5.63. The first kappa shape index (κ1) is 10.9. The predicted molar refractivity (Wildman–Crippen MR) is 61.2 cm³/mol. The summed E-state index contributed by atoms with van der Waals surface area (Å²) in [5, 5.41) is 8.38. The number of aryl methyl sites for hydroxylation is 1. The highest BCUT2D eigenvalue weighted by atomic mass is 32.2. The number of nitrogens with one attached hydrogen (secondary N) is 1. The molecule has 0 bridgehead atoms. The molecule has 1 aromatic rings. The van der Waals surface area contributed by atoms with Crippen molar-refractivity contribution in [3.63, 3.8) is 0 Å². The molecule has 1 aliphatic rings. The van der Waals surface area contributed by atoms with E-state index in [1.807, 2.05) is 18.8 Å². The van der Waals surface area contributed by atoms with Gasteiger partial charge in [-0.05, 0) is 18.6 Å². The fraction of sp³-hybridized carbons (Fsp3) is 0.778. The van der Waals surface area contributed by atoms with Crippen LogP contribution >= 0.6 is 11.8 Å². The molecule has 84 valence electrons. The van der Waals surface area contributed by atoms with Gasteiger partial charge in [-0.2, -0.15) is 11.8 Å². The van der Waals surface area contributed by atoms with Crippen LogP contribution in [0.1, 0.15) is 31.0 Å². The van der Waals surface area contributed by atoms with Crippen LogP contribution < -0.4 is 11.3 Å². The largest absolute Gasteiger partial charge is 0.271 e. The van der Waals surface area contributed by atoms with Crippen LogP contribution in [0.15, 0.2) is 6.20 Å². The van der Waals surface area contributed by atoms with E-state index in [2.05, 4.69) is 15.7 Å². The average molecular weight is 227 g/mol. The molecule has 1 fully saturated rings. The fourth-order valence-corrected chi connectivity index (χ4v) is 3.41. The molecule has 0 radical (unpaired) electrons. The molecule has 3 N–H and O–H groups in total. The molecule has 2 rings (SSSR count). The van der Waals surface area contributed by atoms with Crippen LogP contribution in [0.2, 0.25) is 0 Å².